The Balaban J connectivity index is 2.30. The molecule has 10 heteroatoms. The first kappa shape index (κ1) is 17.1. The molecule has 0 spiro atoms. The van der Waals surface area contributed by atoms with Gasteiger partial charge in [0.05, 0.1) is 11.3 Å². The summed E-state index contributed by atoms with van der Waals surface area (Å²) in [7, 11) is 1.44. The Morgan fingerprint density at radius 2 is 2.14 bits per heavy atom. The smallest absolute Gasteiger partial charge is 0.272 e. The molecule has 112 valence electrons. The van der Waals surface area contributed by atoms with Crippen LogP contribution in [0, 0.1) is 10.5 Å². The van der Waals surface area contributed by atoms with Crippen LogP contribution in [0.15, 0.2) is 26.9 Å². The fraction of sp³-hybridized carbons (Fsp3) is 0.0909. The zero-order chi connectivity index (χ0) is 15.8. The molecule has 2 rings (SSSR count). The zero-order valence-electron chi connectivity index (χ0n) is 10.4. The maximum Gasteiger partial charge on any atom is 0.272 e. The summed E-state index contributed by atoms with van der Waals surface area (Å²) in [6.45, 7) is 1.52. The predicted molar refractivity (Wildman–Crippen MR) is 94.7 cm³/mol. The van der Waals surface area contributed by atoms with Gasteiger partial charge in [0, 0.05) is 18.7 Å². The normalized spacial score (nSPS) is 11.4. The van der Waals surface area contributed by atoms with Gasteiger partial charge in [-0.3, -0.25) is 10.1 Å². The van der Waals surface area contributed by atoms with Crippen molar-refractivity contribution in [2.75, 3.05) is 5.32 Å². The number of thiazole rings is 1. The fourth-order valence-electron chi connectivity index (χ4n) is 1.50. The largest absolute Gasteiger partial charge is 0.298 e. The monoisotopic (exact) mass is 520 g/mol. The molecule has 0 saturated heterocycles. The predicted octanol–water partition coefficient (Wildman–Crippen LogP) is 4.00. The van der Waals surface area contributed by atoms with Crippen molar-refractivity contribution < 1.29 is 13.2 Å². The van der Waals surface area contributed by atoms with Crippen molar-refractivity contribution in [3.05, 3.63) is 37.5 Å². The molecular formula is C11H7BrClIN2O3S2. The quantitative estimate of drug-likeness (QED) is 0.490. The number of hydrogen-bond donors (Lipinski definition) is 1. The van der Waals surface area contributed by atoms with Gasteiger partial charge in [0.1, 0.15) is 0 Å². The van der Waals surface area contributed by atoms with Crippen LogP contribution in [0.5, 0.6) is 0 Å². The van der Waals surface area contributed by atoms with Crippen LogP contribution >= 0.6 is 60.5 Å². The number of aromatic nitrogens is 1. The maximum atomic E-state index is 12.2. The number of nitrogens with zero attached hydrogens (tertiary/aromatic N) is 1. The van der Waals surface area contributed by atoms with Gasteiger partial charge in [0.15, 0.2) is 9.34 Å². The van der Waals surface area contributed by atoms with Crippen molar-refractivity contribution in [2.45, 2.75) is 11.1 Å². The Bertz CT molecular complexity index is 823. The Kier molecular flexibility index (Phi) is 5.29. The Morgan fingerprint density at radius 1 is 1.48 bits per heavy atom. The van der Waals surface area contributed by atoms with E-state index in [1.54, 1.807) is 12.1 Å². The number of benzene rings is 1. The molecule has 0 atom stereocenters. The Hall–Kier alpha value is -0.230. The van der Waals surface area contributed by atoms with E-state index in [-0.39, 0.29) is 20.9 Å². The summed E-state index contributed by atoms with van der Waals surface area (Å²) < 4.78 is 24.1. The van der Waals surface area contributed by atoms with Crippen LogP contribution in [0.1, 0.15) is 16.1 Å². The molecule has 0 bridgehead atoms. The van der Waals surface area contributed by atoms with Crippen LogP contribution in [-0.4, -0.2) is 19.3 Å². The molecule has 21 heavy (non-hydrogen) atoms. The van der Waals surface area contributed by atoms with Crippen LogP contribution in [0.4, 0.5) is 5.13 Å². The molecule has 1 heterocycles. The highest BCUT2D eigenvalue weighted by molar-refractivity contribution is 14.1. The van der Waals surface area contributed by atoms with E-state index in [1.165, 1.54) is 6.92 Å². The molecule has 0 aliphatic carbocycles. The lowest BCUT2D eigenvalue weighted by Crippen LogP contribution is -2.13. The first-order chi connectivity index (χ1) is 9.68. The van der Waals surface area contributed by atoms with Crippen LogP contribution in [0.25, 0.3) is 0 Å². The zero-order valence-corrected chi connectivity index (χ0v) is 16.5. The summed E-state index contributed by atoms with van der Waals surface area (Å²) in [5.74, 6) is -0.368. The summed E-state index contributed by atoms with van der Waals surface area (Å²) >= 11 is 6.17. The summed E-state index contributed by atoms with van der Waals surface area (Å²) in [5, 5.41) is 2.77. The minimum Gasteiger partial charge on any atom is -0.298 e. The second kappa shape index (κ2) is 6.49. The molecule has 1 aromatic heterocycles. The third kappa shape index (κ3) is 4.15. The lowest BCUT2D eigenvalue weighted by molar-refractivity contribution is 0.102. The minimum atomic E-state index is -3.86. The third-order valence-corrected chi connectivity index (χ3v) is 7.05. The first-order valence-electron chi connectivity index (χ1n) is 5.37. The summed E-state index contributed by atoms with van der Waals surface area (Å²) in [6, 6.07) is 5.29. The van der Waals surface area contributed by atoms with Crippen LogP contribution in [-0.2, 0) is 9.05 Å². The standard InChI is InChI=1S/C11H7BrClIN2O3S2/c1-5-10(21(13,18)19)20-11(15-5)16-9(17)7-4-6(12)2-3-8(7)14/h2-4H,1H3,(H,15,16,17). The van der Waals surface area contributed by atoms with E-state index in [0.29, 0.717) is 5.56 Å². The number of aryl methyl sites for hydroxylation is 1. The van der Waals surface area contributed by atoms with Crippen molar-refractivity contribution in [1.82, 2.24) is 4.98 Å². The highest BCUT2D eigenvalue weighted by Crippen LogP contribution is 2.30. The highest BCUT2D eigenvalue weighted by Gasteiger charge is 2.21. The van der Waals surface area contributed by atoms with Crippen molar-refractivity contribution in [2.24, 2.45) is 0 Å². The van der Waals surface area contributed by atoms with E-state index in [0.717, 1.165) is 19.4 Å². The SMILES string of the molecule is Cc1nc(NC(=O)c2cc(Br)ccc2I)sc1S(=O)(=O)Cl. The maximum absolute atomic E-state index is 12.2. The molecule has 0 unspecified atom stereocenters. The number of hydrogen-bond acceptors (Lipinski definition) is 5. The van der Waals surface area contributed by atoms with E-state index in [4.69, 9.17) is 10.7 Å². The van der Waals surface area contributed by atoms with Gasteiger partial charge in [-0.05, 0) is 47.7 Å². The first-order valence-corrected chi connectivity index (χ1v) is 10.4. The van der Waals surface area contributed by atoms with Gasteiger partial charge in [-0.1, -0.05) is 27.3 Å². The molecule has 0 aliphatic rings. The minimum absolute atomic E-state index is 0.0663. The Labute approximate surface area is 151 Å². The van der Waals surface area contributed by atoms with Gasteiger partial charge in [-0.25, -0.2) is 13.4 Å². The van der Waals surface area contributed by atoms with Crippen molar-refractivity contribution in [3.63, 3.8) is 0 Å². The number of carbonyl (C=O) groups excluding carboxylic acids is 1. The molecule has 0 saturated carbocycles. The summed E-state index contributed by atoms with van der Waals surface area (Å²) in [6.07, 6.45) is 0. The van der Waals surface area contributed by atoms with E-state index in [2.05, 4.69) is 26.2 Å². The molecule has 1 N–H and O–H groups in total. The molecule has 2 aromatic rings. The molecular weight excluding hydrogens is 515 g/mol. The van der Waals surface area contributed by atoms with Gasteiger partial charge in [-0.15, -0.1) is 0 Å². The molecule has 0 radical (unpaired) electrons. The third-order valence-electron chi connectivity index (χ3n) is 2.37. The van der Waals surface area contributed by atoms with Crippen molar-refractivity contribution >= 4 is 80.6 Å². The molecule has 5 nitrogen and oxygen atoms in total. The molecule has 1 amide bonds. The number of rotatable bonds is 3. The average Bonchev–Trinajstić information content (AvgIpc) is 2.73. The van der Waals surface area contributed by atoms with Gasteiger partial charge >= 0.3 is 0 Å². The summed E-state index contributed by atoms with van der Waals surface area (Å²) in [5.41, 5.74) is 0.724. The average molecular weight is 522 g/mol. The van der Waals surface area contributed by atoms with Gasteiger partial charge in [-0.2, -0.15) is 0 Å². The second-order valence-corrected chi connectivity index (χ2v) is 9.75. The number of carbonyl (C=O) groups is 1. The van der Waals surface area contributed by atoms with E-state index < -0.39 is 9.05 Å². The number of amides is 1. The van der Waals surface area contributed by atoms with Crippen LogP contribution in [0.3, 0.4) is 0 Å². The van der Waals surface area contributed by atoms with Gasteiger partial charge in [0.2, 0.25) is 0 Å². The second-order valence-electron chi connectivity index (χ2n) is 3.91. The lowest BCUT2D eigenvalue weighted by Gasteiger charge is -2.04. The topological polar surface area (TPSA) is 76.1 Å². The van der Waals surface area contributed by atoms with Crippen LogP contribution in [0.2, 0.25) is 0 Å². The fourth-order valence-corrected chi connectivity index (χ4v) is 4.79. The van der Waals surface area contributed by atoms with Gasteiger partial charge < -0.3 is 0 Å². The molecule has 1 aromatic carbocycles. The number of anilines is 1. The van der Waals surface area contributed by atoms with E-state index >= 15 is 0 Å². The number of halogens is 3. The van der Waals surface area contributed by atoms with E-state index in [1.807, 2.05) is 28.7 Å². The molecule has 0 fully saturated rings. The summed E-state index contributed by atoms with van der Waals surface area (Å²) in [4.78, 5) is 16.2. The van der Waals surface area contributed by atoms with Crippen molar-refractivity contribution in [3.8, 4) is 0 Å². The van der Waals surface area contributed by atoms with Crippen molar-refractivity contribution in [1.29, 1.82) is 0 Å². The van der Waals surface area contributed by atoms with Crippen LogP contribution < -0.4 is 5.32 Å². The van der Waals surface area contributed by atoms with Gasteiger partial charge in [0.25, 0.3) is 15.0 Å². The van der Waals surface area contributed by atoms with E-state index in [9.17, 15) is 13.2 Å². The lowest BCUT2D eigenvalue weighted by atomic mass is 10.2. The number of nitrogens with one attached hydrogen (secondary N) is 1. The Morgan fingerprint density at radius 3 is 2.71 bits per heavy atom. The highest BCUT2D eigenvalue weighted by atomic mass is 127. The molecule has 0 aliphatic heterocycles.